The van der Waals surface area contributed by atoms with Crippen molar-refractivity contribution in [1.82, 2.24) is 20.1 Å². The van der Waals surface area contributed by atoms with Crippen LogP contribution in [0.5, 0.6) is 5.75 Å². The Labute approximate surface area is 140 Å². The van der Waals surface area contributed by atoms with E-state index < -0.39 is 0 Å². The Hall–Kier alpha value is -3.15. The first-order valence-corrected chi connectivity index (χ1v) is 7.73. The second-order valence-electron chi connectivity index (χ2n) is 5.10. The number of benzene rings is 1. The summed E-state index contributed by atoms with van der Waals surface area (Å²) >= 11 is 0. The van der Waals surface area contributed by atoms with Gasteiger partial charge in [-0.1, -0.05) is 24.3 Å². The largest absolute Gasteiger partial charge is 0.490 e. The number of aromatic nitrogens is 3. The van der Waals surface area contributed by atoms with Gasteiger partial charge < -0.3 is 10.1 Å². The van der Waals surface area contributed by atoms with Gasteiger partial charge in [-0.25, -0.2) is 4.68 Å². The van der Waals surface area contributed by atoms with Crippen LogP contribution >= 0.6 is 0 Å². The van der Waals surface area contributed by atoms with Crippen LogP contribution in [0.3, 0.4) is 0 Å². The first kappa shape index (κ1) is 15.7. The van der Waals surface area contributed by atoms with E-state index in [9.17, 15) is 4.79 Å². The van der Waals surface area contributed by atoms with Crippen LogP contribution in [0.15, 0.2) is 61.1 Å². The minimum Gasteiger partial charge on any atom is -0.490 e. The van der Waals surface area contributed by atoms with E-state index >= 15 is 0 Å². The lowest BCUT2D eigenvalue weighted by Crippen LogP contribution is -2.24. The summed E-state index contributed by atoms with van der Waals surface area (Å²) < 4.78 is 7.20. The molecule has 6 heteroatoms. The van der Waals surface area contributed by atoms with Gasteiger partial charge >= 0.3 is 0 Å². The predicted octanol–water partition coefficient (Wildman–Crippen LogP) is 2.60. The fourth-order valence-electron chi connectivity index (χ4n) is 2.26. The molecular formula is C18H18N4O2. The van der Waals surface area contributed by atoms with Crippen LogP contribution in [-0.4, -0.2) is 27.3 Å². The van der Waals surface area contributed by atoms with Crippen molar-refractivity contribution in [3.8, 4) is 11.4 Å². The highest BCUT2D eigenvalue weighted by Gasteiger charge is 2.18. The molecule has 3 aromatic rings. The molecule has 1 amide bonds. The van der Waals surface area contributed by atoms with Crippen molar-refractivity contribution in [1.29, 1.82) is 0 Å². The minimum absolute atomic E-state index is 0.268. The Bertz CT molecular complexity index is 800. The number of carbonyl (C=O) groups excluding carboxylic acids is 1. The molecule has 0 spiro atoms. The van der Waals surface area contributed by atoms with Gasteiger partial charge in [0.15, 0.2) is 11.4 Å². The van der Waals surface area contributed by atoms with Crippen LogP contribution in [-0.2, 0) is 6.54 Å². The highest BCUT2D eigenvalue weighted by molar-refractivity contribution is 5.94. The maximum Gasteiger partial charge on any atom is 0.275 e. The van der Waals surface area contributed by atoms with Gasteiger partial charge in [0.05, 0.1) is 18.5 Å². The van der Waals surface area contributed by atoms with Gasteiger partial charge in [0, 0.05) is 18.9 Å². The molecule has 0 atom stereocenters. The molecule has 3 rings (SSSR count). The predicted molar refractivity (Wildman–Crippen MR) is 90.1 cm³/mol. The number of nitrogens with one attached hydrogen (secondary N) is 1. The third-order valence-corrected chi connectivity index (χ3v) is 3.39. The van der Waals surface area contributed by atoms with E-state index in [1.165, 1.54) is 0 Å². The zero-order chi connectivity index (χ0) is 16.8. The number of nitrogens with zero attached hydrogens (tertiary/aromatic N) is 3. The van der Waals surface area contributed by atoms with Crippen LogP contribution in [0.25, 0.3) is 5.69 Å². The number of pyridine rings is 1. The molecule has 6 nitrogen and oxygen atoms in total. The molecular weight excluding hydrogens is 304 g/mol. The van der Waals surface area contributed by atoms with Crippen LogP contribution in [0.1, 0.15) is 23.0 Å². The molecule has 0 radical (unpaired) electrons. The van der Waals surface area contributed by atoms with Crippen LogP contribution in [0.2, 0.25) is 0 Å². The summed E-state index contributed by atoms with van der Waals surface area (Å²) in [4.78, 5) is 16.5. The molecule has 0 saturated heterocycles. The van der Waals surface area contributed by atoms with E-state index in [2.05, 4.69) is 15.4 Å². The zero-order valence-electron chi connectivity index (χ0n) is 13.3. The normalized spacial score (nSPS) is 10.4. The summed E-state index contributed by atoms with van der Waals surface area (Å²) in [7, 11) is 0. The Balaban J connectivity index is 1.80. The van der Waals surface area contributed by atoms with E-state index in [-0.39, 0.29) is 11.6 Å². The van der Waals surface area contributed by atoms with Crippen LogP contribution in [0, 0.1) is 0 Å². The lowest BCUT2D eigenvalue weighted by molar-refractivity contribution is 0.0941. The fourth-order valence-corrected chi connectivity index (χ4v) is 2.26. The Kier molecular flexibility index (Phi) is 4.86. The van der Waals surface area contributed by atoms with Crippen molar-refractivity contribution in [2.24, 2.45) is 0 Å². The summed E-state index contributed by atoms with van der Waals surface area (Å²) in [5.41, 5.74) is 2.06. The van der Waals surface area contributed by atoms with Gasteiger partial charge in [0.1, 0.15) is 0 Å². The smallest absolute Gasteiger partial charge is 0.275 e. The lowest BCUT2D eigenvalue weighted by Gasteiger charge is -2.05. The number of hydrogen-bond donors (Lipinski definition) is 1. The van der Waals surface area contributed by atoms with Gasteiger partial charge in [-0.3, -0.25) is 9.78 Å². The van der Waals surface area contributed by atoms with Gasteiger partial charge in [-0.2, -0.15) is 5.10 Å². The molecule has 0 fully saturated rings. The highest BCUT2D eigenvalue weighted by Crippen LogP contribution is 2.20. The molecule has 0 aliphatic rings. The van der Waals surface area contributed by atoms with Crippen molar-refractivity contribution in [2.75, 3.05) is 6.61 Å². The van der Waals surface area contributed by atoms with Gasteiger partial charge in [0.25, 0.3) is 5.91 Å². The van der Waals surface area contributed by atoms with E-state index in [1.807, 2.05) is 49.4 Å². The third kappa shape index (κ3) is 3.60. The second-order valence-corrected chi connectivity index (χ2v) is 5.10. The number of ether oxygens (including phenoxy) is 1. The van der Waals surface area contributed by atoms with E-state index in [0.717, 1.165) is 11.3 Å². The average Bonchev–Trinajstić information content (AvgIpc) is 3.06. The number of amides is 1. The monoisotopic (exact) mass is 322 g/mol. The van der Waals surface area contributed by atoms with E-state index in [1.54, 1.807) is 23.3 Å². The molecule has 122 valence electrons. The van der Waals surface area contributed by atoms with Crippen molar-refractivity contribution in [3.63, 3.8) is 0 Å². The fraction of sp³-hybridized carbons (Fsp3) is 0.167. The molecule has 0 aliphatic carbocycles. The number of carbonyl (C=O) groups is 1. The molecule has 24 heavy (non-hydrogen) atoms. The average molecular weight is 322 g/mol. The number of hydrogen-bond acceptors (Lipinski definition) is 4. The summed E-state index contributed by atoms with van der Waals surface area (Å²) in [6, 6.07) is 13.3. The summed E-state index contributed by atoms with van der Waals surface area (Å²) in [5.74, 6) is 0.182. The van der Waals surface area contributed by atoms with Crippen LogP contribution in [0.4, 0.5) is 0 Å². The van der Waals surface area contributed by atoms with Crippen molar-refractivity contribution in [2.45, 2.75) is 13.5 Å². The molecule has 0 aliphatic heterocycles. The SMILES string of the molecule is CCOc1cn(-c2ccccc2)nc1C(=O)NCc1cccnc1. The number of para-hydroxylation sites is 1. The second kappa shape index (κ2) is 7.41. The molecule has 0 bridgehead atoms. The van der Waals surface area contributed by atoms with Crippen molar-refractivity contribution < 1.29 is 9.53 Å². The molecule has 2 aromatic heterocycles. The summed E-state index contributed by atoms with van der Waals surface area (Å²) in [5, 5.41) is 7.22. The highest BCUT2D eigenvalue weighted by atomic mass is 16.5. The van der Waals surface area contributed by atoms with E-state index in [0.29, 0.717) is 18.9 Å². The standard InChI is InChI=1S/C18H18N4O2/c1-2-24-16-13-22(15-8-4-3-5-9-15)21-17(16)18(23)20-12-14-7-6-10-19-11-14/h3-11,13H,2,12H2,1H3,(H,20,23). The zero-order valence-corrected chi connectivity index (χ0v) is 13.3. The van der Waals surface area contributed by atoms with Gasteiger partial charge in [-0.15, -0.1) is 0 Å². The topological polar surface area (TPSA) is 69.0 Å². The summed E-state index contributed by atoms with van der Waals surface area (Å²) in [6.07, 6.45) is 5.13. The first-order valence-electron chi connectivity index (χ1n) is 7.73. The third-order valence-electron chi connectivity index (χ3n) is 3.39. The van der Waals surface area contributed by atoms with Gasteiger partial charge in [0.2, 0.25) is 0 Å². The van der Waals surface area contributed by atoms with Gasteiger partial charge in [-0.05, 0) is 30.7 Å². The molecule has 0 unspecified atom stereocenters. The molecule has 1 N–H and O–H groups in total. The van der Waals surface area contributed by atoms with Crippen molar-refractivity contribution in [3.05, 3.63) is 72.3 Å². The first-order chi connectivity index (χ1) is 11.8. The molecule has 0 saturated carbocycles. The maximum atomic E-state index is 12.5. The quantitative estimate of drug-likeness (QED) is 0.757. The Morgan fingerprint density at radius 1 is 1.21 bits per heavy atom. The van der Waals surface area contributed by atoms with Crippen LogP contribution < -0.4 is 10.1 Å². The Morgan fingerprint density at radius 3 is 2.75 bits per heavy atom. The van der Waals surface area contributed by atoms with E-state index in [4.69, 9.17) is 4.74 Å². The lowest BCUT2D eigenvalue weighted by atomic mass is 10.3. The molecule has 1 aromatic carbocycles. The maximum absolute atomic E-state index is 12.5. The molecule has 2 heterocycles. The minimum atomic E-state index is -0.281. The summed E-state index contributed by atoms with van der Waals surface area (Å²) in [6.45, 7) is 2.72. The number of rotatable bonds is 6. The van der Waals surface area contributed by atoms with Crippen molar-refractivity contribution >= 4 is 5.91 Å². The Morgan fingerprint density at radius 2 is 2.04 bits per heavy atom.